The third-order valence-electron chi connectivity index (χ3n) is 1.61. The van der Waals surface area contributed by atoms with Crippen molar-refractivity contribution in [2.45, 2.75) is 0 Å². The molecule has 0 amide bonds. The van der Waals surface area contributed by atoms with Gasteiger partial charge in [0.05, 0.1) is 29.0 Å². The van der Waals surface area contributed by atoms with Crippen LogP contribution in [0, 0.1) is 0 Å². The van der Waals surface area contributed by atoms with Gasteiger partial charge in [0.25, 0.3) is 0 Å². The lowest BCUT2D eigenvalue weighted by Gasteiger charge is -2.08. The molecule has 1 rings (SSSR count). The largest absolute Gasteiger partial charge is 0.496 e. The van der Waals surface area contributed by atoms with Gasteiger partial charge in [0.1, 0.15) is 11.3 Å². The predicted molar refractivity (Wildman–Crippen MR) is 53.8 cm³/mol. The molecule has 0 spiro atoms. The third kappa shape index (κ3) is 1.90. The van der Waals surface area contributed by atoms with Crippen LogP contribution in [-0.2, 0) is 4.74 Å². The topological polar surface area (TPSA) is 61.5 Å². The van der Waals surface area contributed by atoms with Gasteiger partial charge in [-0.05, 0) is 6.07 Å². The summed E-state index contributed by atoms with van der Waals surface area (Å²) in [5, 5.41) is 0.114. The average molecular weight is 219 g/mol. The quantitative estimate of drug-likeness (QED) is 0.607. The Morgan fingerprint density at radius 3 is 2.93 bits per heavy atom. The summed E-state index contributed by atoms with van der Waals surface area (Å²) < 4.78 is 30.1. The molecule has 0 radical (unpaired) electrons. The Balaban J connectivity index is 3.26. The van der Waals surface area contributed by atoms with Crippen molar-refractivity contribution in [1.82, 2.24) is 0 Å². The third-order valence-corrected chi connectivity index (χ3v) is 1.94. The van der Waals surface area contributed by atoms with E-state index in [4.69, 9.17) is 21.4 Å². The molecular formula is C9H10ClNO3. The van der Waals surface area contributed by atoms with Crippen LogP contribution >= 0.6 is 11.6 Å². The number of esters is 1. The van der Waals surface area contributed by atoms with Crippen LogP contribution in [0.1, 0.15) is 14.5 Å². The number of halogens is 1. The first kappa shape index (κ1) is 6.95. The van der Waals surface area contributed by atoms with Crippen molar-refractivity contribution in [3.05, 3.63) is 22.7 Å². The fraction of sp³-hybridized carbons (Fsp3) is 0.222. The van der Waals surface area contributed by atoms with Crippen LogP contribution < -0.4 is 10.5 Å². The molecule has 1 aromatic carbocycles. The Morgan fingerprint density at radius 1 is 1.64 bits per heavy atom. The lowest BCUT2D eigenvalue weighted by molar-refractivity contribution is 0.0597. The summed E-state index contributed by atoms with van der Waals surface area (Å²) in [6.45, 7) is 0. The van der Waals surface area contributed by atoms with E-state index in [-0.39, 0.29) is 22.0 Å². The molecule has 2 N–H and O–H groups in total. The van der Waals surface area contributed by atoms with Crippen LogP contribution in [0.5, 0.6) is 5.75 Å². The monoisotopic (exact) mass is 218 g/mol. The van der Waals surface area contributed by atoms with Crippen LogP contribution in [0.3, 0.4) is 0 Å². The Hall–Kier alpha value is -1.42. The fourth-order valence-electron chi connectivity index (χ4n) is 0.923. The molecule has 5 heteroatoms. The zero-order chi connectivity index (χ0) is 13.2. The van der Waals surface area contributed by atoms with E-state index < -0.39 is 13.0 Å². The van der Waals surface area contributed by atoms with Gasteiger partial charge in [-0.1, -0.05) is 11.6 Å². The SMILES string of the molecule is [2H]C([2H])([2H])Oc1cc(N)c(Cl)cc1C(=O)OC. The number of methoxy groups -OCH3 is 2. The Bertz CT molecular complexity index is 448. The number of hydrogen-bond acceptors (Lipinski definition) is 4. The lowest BCUT2D eigenvalue weighted by atomic mass is 10.2. The highest BCUT2D eigenvalue weighted by atomic mass is 35.5. The summed E-state index contributed by atoms with van der Waals surface area (Å²) in [5.41, 5.74) is 5.52. The van der Waals surface area contributed by atoms with Crippen molar-refractivity contribution in [3.63, 3.8) is 0 Å². The predicted octanol–water partition coefficient (Wildman–Crippen LogP) is 1.72. The molecule has 0 unspecified atom stereocenters. The second kappa shape index (κ2) is 4.19. The summed E-state index contributed by atoms with van der Waals surface area (Å²) in [6.07, 6.45) is 0. The Kier molecular flexibility index (Phi) is 2.08. The van der Waals surface area contributed by atoms with Gasteiger partial charge in [0, 0.05) is 6.07 Å². The summed E-state index contributed by atoms with van der Waals surface area (Å²) in [5.74, 6) is -0.954. The standard InChI is InChI=1S/C9H10ClNO3/c1-13-8-4-7(11)6(10)3-5(8)9(12)14-2/h3-4H,11H2,1-2H3/i1D3. The number of benzene rings is 1. The van der Waals surface area contributed by atoms with E-state index in [1.165, 1.54) is 12.1 Å². The maximum absolute atomic E-state index is 11.4. The first-order valence-electron chi connectivity index (χ1n) is 5.11. The molecule has 0 heterocycles. The Morgan fingerprint density at radius 2 is 2.36 bits per heavy atom. The van der Waals surface area contributed by atoms with Crippen LogP contribution in [0.25, 0.3) is 0 Å². The highest BCUT2D eigenvalue weighted by Crippen LogP contribution is 2.29. The van der Waals surface area contributed by atoms with Crippen molar-refractivity contribution in [1.29, 1.82) is 0 Å². The second-order valence-corrected chi connectivity index (χ2v) is 2.87. The van der Waals surface area contributed by atoms with E-state index in [2.05, 4.69) is 9.47 Å². The molecule has 76 valence electrons. The first-order chi connectivity index (χ1) is 7.74. The van der Waals surface area contributed by atoms with Gasteiger partial charge < -0.3 is 15.2 Å². The van der Waals surface area contributed by atoms with Crippen LogP contribution in [0.2, 0.25) is 5.02 Å². The van der Waals surface area contributed by atoms with Crippen molar-refractivity contribution in [3.8, 4) is 5.75 Å². The molecule has 0 aliphatic rings. The van der Waals surface area contributed by atoms with Crippen molar-refractivity contribution in [2.24, 2.45) is 0 Å². The highest BCUT2D eigenvalue weighted by Gasteiger charge is 2.14. The lowest BCUT2D eigenvalue weighted by Crippen LogP contribution is -2.05. The Labute approximate surface area is 90.8 Å². The van der Waals surface area contributed by atoms with Gasteiger partial charge in [-0.15, -0.1) is 0 Å². The van der Waals surface area contributed by atoms with E-state index in [1.54, 1.807) is 0 Å². The van der Waals surface area contributed by atoms with E-state index in [0.29, 0.717) is 0 Å². The minimum Gasteiger partial charge on any atom is -0.496 e. The summed E-state index contributed by atoms with van der Waals surface area (Å²) in [6, 6.07) is 2.37. The molecule has 1 aromatic rings. The number of anilines is 1. The van der Waals surface area contributed by atoms with Gasteiger partial charge in [-0.25, -0.2) is 4.79 Å². The molecule has 14 heavy (non-hydrogen) atoms. The average Bonchev–Trinajstić information content (AvgIpc) is 2.20. The van der Waals surface area contributed by atoms with Gasteiger partial charge >= 0.3 is 5.97 Å². The van der Waals surface area contributed by atoms with Gasteiger partial charge in [0.15, 0.2) is 0 Å². The zero-order valence-electron chi connectivity index (χ0n) is 10.3. The van der Waals surface area contributed by atoms with Crippen molar-refractivity contribution >= 4 is 23.3 Å². The van der Waals surface area contributed by atoms with Crippen molar-refractivity contribution in [2.75, 3.05) is 19.9 Å². The molecule has 0 saturated heterocycles. The molecule has 0 aliphatic heterocycles. The number of carbonyl (C=O) groups excluding carboxylic acids is 1. The highest BCUT2D eigenvalue weighted by molar-refractivity contribution is 6.33. The van der Waals surface area contributed by atoms with Crippen molar-refractivity contribution < 1.29 is 18.4 Å². The summed E-state index contributed by atoms with van der Waals surface area (Å²) >= 11 is 5.73. The second-order valence-electron chi connectivity index (χ2n) is 2.46. The maximum atomic E-state index is 11.4. The normalized spacial score (nSPS) is 13.7. The molecule has 0 aromatic heterocycles. The van der Waals surface area contributed by atoms with E-state index >= 15 is 0 Å². The molecule has 0 aliphatic carbocycles. The number of hydrogen-bond donors (Lipinski definition) is 1. The zero-order valence-corrected chi connectivity index (χ0v) is 8.09. The number of nitrogen functional groups attached to an aromatic ring is 1. The smallest absolute Gasteiger partial charge is 0.341 e. The number of carbonyl (C=O) groups is 1. The molecule has 4 nitrogen and oxygen atoms in total. The number of ether oxygens (including phenoxy) is 2. The molecule has 0 fully saturated rings. The molecule has 0 atom stereocenters. The fourth-order valence-corrected chi connectivity index (χ4v) is 1.09. The van der Waals surface area contributed by atoms with Gasteiger partial charge in [-0.3, -0.25) is 0 Å². The van der Waals surface area contributed by atoms with E-state index in [0.717, 1.165) is 7.11 Å². The van der Waals surface area contributed by atoms with Gasteiger partial charge in [-0.2, -0.15) is 0 Å². The number of rotatable bonds is 2. The molecule has 0 bridgehead atoms. The van der Waals surface area contributed by atoms with Crippen LogP contribution in [-0.4, -0.2) is 20.1 Å². The molecule has 0 saturated carbocycles. The van der Waals surface area contributed by atoms with Crippen LogP contribution in [0.15, 0.2) is 12.1 Å². The summed E-state index contributed by atoms with van der Waals surface area (Å²) in [4.78, 5) is 11.4. The minimum absolute atomic E-state index is 0.0946. The van der Waals surface area contributed by atoms with Gasteiger partial charge in [0.2, 0.25) is 0 Å². The molecular weight excluding hydrogens is 206 g/mol. The van der Waals surface area contributed by atoms with E-state index in [9.17, 15) is 4.79 Å². The summed E-state index contributed by atoms with van der Waals surface area (Å²) in [7, 11) is -1.53. The first-order valence-corrected chi connectivity index (χ1v) is 3.99. The van der Waals surface area contributed by atoms with E-state index in [1.807, 2.05) is 0 Å². The maximum Gasteiger partial charge on any atom is 0.341 e. The minimum atomic E-state index is -2.69. The number of nitrogens with two attached hydrogens (primary N) is 1. The van der Waals surface area contributed by atoms with Crippen LogP contribution in [0.4, 0.5) is 5.69 Å².